The number of benzene rings is 1. The first kappa shape index (κ1) is 11.8. The van der Waals surface area contributed by atoms with E-state index in [1.807, 2.05) is 19.1 Å². The molecule has 18 heavy (non-hydrogen) atoms. The van der Waals surface area contributed by atoms with Crippen LogP contribution in [0.4, 0.5) is 5.69 Å². The van der Waals surface area contributed by atoms with Crippen molar-refractivity contribution in [2.75, 3.05) is 5.32 Å². The summed E-state index contributed by atoms with van der Waals surface area (Å²) < 4.78 is 8.84. The molecule has 2 heterocycles. The molecule has 6 heteroatoms. The summed E-state index contributed by atoms with van der Waals surface area (Å²) in [6.45, 7) is 4.90. The molecule has 92 valence electrons. The Labute approximate surface area is 115 Å². The quantitative estimate of drug-likeness (QED) is 0.752. The Morgan fingerprint density at radius 3 is 2.94 bits per heavy atom. The van der Waals surface area contributed by atoms with E-state index in [1.165, 1.54) is 4.88 Å². The summed E-state index contributed by atoms with van der Waals surface area (Å²) in [6.07, 6.45) is 0. The number of nitrogens with zero attached hydrogens (tertiary/aromatic N) is 3. The number of rotatable bonds is 3. The van der Waals surface area contributed by atoms with Crippen molar-refractivity contribution in [3.05, 3.63) is 33.8 Å². The molecule has 3 rings (SSSR count). The Morgan fingerprint density at radius 2 is 2.17 bits per heavy atom. The average Bonchev–Trinajstić information content (AvgIpc) is 2.93. The number of aromatic nitrogens is 3. The molecule has 0 aliphatic rings. The van der Waals surface area contributed by atoms with Gasteiger partial charge in [0.15, 0.2) is 0 Å². The molecule has 0 atom stereocenters. The summed E-state index contributed by atoms with van der Waals surface area (Å²) in [5.41, 5.74) is 4.21. The van der Waals surface area contributed by atoms with Crippen molar-refractivity contribution >= 4 is 43.0 Å². The Kier molecular flexibility index (Phi) is 3.16. The second-order valence-corrected chi connectivity index (χ2v) is 6.43. The van der Waals surface area contributed by atoms with Gasteiger partial charge in [0, 0.05) is 0 Å². The molecular weight excluding hydrogens is 311 g/mol. The molecule has 2 aromatic heterocycles. The van der Waals surface area contributed by atoms with Gasteiger partial charge in [0.25, 0.3) is 0 Å². The van der Waals surface area contributed by atoms with E-state index in [0.29, 0.717) is 0 Å². The van der Waals surface area contributed by atoms with Crippen LogP contribution < -0.4 is 5.32 Å². The summed E-state index contributed by atoms with van der Waals surface area (Å²) in [6, 6.07) is 6.09. The van der Waals surface area contributed by atoms with Crippen LogP contribution in [0.25, 0.3) is 11.0 Å². The van der Waals surface area contributed by atoms with Gasteiger partial charge < -0.3 is 0 Å². The van der Waals surface area contributed by atoms with Gasteiger partial charge in [-0.3, -0.25) is 0 Å². The summed E-state index contributed by atoms with van der Waals surface area (Å²) in [5, 5.41) is 4.56. The van der Waals surface area contributed by atoms with Crippen LogP contribution in [-0.2, 0) is 6.54 Å². The van der Waals surface area contributed by atoms with Crippen molar-refractivity contribution in [3.8, 4) is 0 Å². The van der Waals surface area contributed by atoms with Gasteiger partial charge in [0.2, 0.25) is 0 Å². The minimum absolute atomic E-state index is 0.0249. The van der Waals surface area contributed by atoms with Crippen molar-refractivity contribution in [1.82, 2.24) is 12.9 Å². The fourth-order valence-corrected chi connectivity index (χ4v) is 3.89. The summed E-state index contributed by atoms with van der Waals surface area (Å²) in [5.74, 6) is 0. The van der Waals surface area contributed by atoms with E-state index < -0.39 is 0 Å². The fourth-order valence-electron chi connectivity index (χ4n) is 1.86. The number of aryl methyl sites for hydroxylation is 2. The third kappa shape index (κ3) is 2.19. The third-order valence-corrected chi connectivity index (χ3v) is 4.94. The molecule has 0 unspecified atom stereocenters. The molecule has 4 nitrogen and oxygen atoms in total. The third-order valence-electron chi connectivity index (χ3n) is 2.73. The Hall–Kier alpha value is -1.23. The molecule has 0 spiro atoms. The molecule has 0 aliphatic heterocycles. The predicted octanol–water partition coefficient (Wildman–Crippen LogP) is 2.37. The van der Waals surface area contributed by atoms with Crippen LogP contribution in [0.3, 0.4) is 0 Å². The second kappa shape index (κ2) is 4.80. The van der Waals surface area contributed by atoms with E-state index in [-0.39, 0.29) is 15.0 Å². The van der Waals surface area contributed by atoms with E-state index in [9.17, 15) is 0 Å². The molecule has 3 aromatic rings. The summed E-state index contributed by atoms with van der Waals surface area (Å²) >= 11 is 1.77. The van der Waals surface area contributed by atoms with Crippen LogP contribution in [0.5, 0.6) is 0 Å². The second-order valence-electron chi connectivity index (χ2n) is 4.03. The zero-order chi connectivity index (χ0) is 12.5. The molecule has 0 saturated carbocycles. The van der Waals surface area contributed by atoms with Crippen LogP contribution in [0, 0.1) is 13.8 Å². The normalized spacial score (nSPS) is 11.0. The topological polar surface area (TPSA) is 50.7 Å². The van der Waals surface area contributed by atoms with Gasteiger partial charge in [-0.15, -0.1) is 0 Å². The number of hydrogen-bond acceptors (Lipinski definition) is 5. The first-order chi connectivity index (χ1) is 8.74. The molecule has 0 saturated heterocycles. The van der Waals surface area contributed by atoms with Crippen LogP contribution >= 0.6 is 11.3 Å². The van der Waals surface area contributed by atoms with Crippen molar-refractivity contribution in [3.63, 3.8) is 0 Å². The number of thiazole rings is 1. The van der Waals surface area contributed by atoms with Gasteiger partial charge in [-0.2, -0.15) is 0 Å². The molecule has 0 fully saturated rings. The van der Waals surface area contributed by atoms with E-state index in [0.717, 1.165) is 34.0 Å². The van der Waals surface area contributed by atoms with Gasteiger partial charge in [-0.25, -0.2) is 0 Å². The van der Waals surface area contributed by atoms with E-state index in [1.54, 1.807) is 11.3 Å². The van der Waals surface area contributed by atoms with Gasteiger partial charge in [-0.1, -0.05) is 0 Å². The monoisotopic (exact) mass is 324 g/mol. The Bertz CT molecular complexity index is 688. The Morgan fingerprint density at radius 1 is 1.28 bits per heavy atom. The van der Waals surface area contributed by atoms with Crippen LogP contribution in [0.1, 0.15) is 15.6 Å². The number of fused-ring (bicyclic) bond motifs is 1. The molecule has 0 radical (unpaired) electrons. The van der Waals surface area contributed by atoms with Gasteiger partial charge >= 0.3 is 115 Å². The SMILES string of the molecule is Cc1nc(C)c(CNc2cccc3n[se]nc23)s1. The Balaban J connectivity index is 1.85. The molecule has 1 N–H and O–H groups in total. The zero-order valence-corrected chi connectivity index (χ0v) is 12.6. The average molecular weight is 323 g/mol. The van der Waals surface area contributed by atoms with Crippen molar-refractivity contribution in [2.45, 2.75) is 20.4 Å². The number of hydrogen-bond donors (Lipinski definition) is 1. The maximum absolute atomic E-state index is 4.46. The van der Waals surface area contributed by atoms with Gasteiger partial charge in [0.05, 0.1) is 0 Å². The van der Waals surface area contributed by atoms with E-state index in [4.69, 9.17) is 0 Å². The van der Waals surface area contributed by atoms with Gasteiger partial charge in [0.1, 0.15) is 0 Å². The minimum atomic E-state index is 0.0249. The van der Waals surface area contributed by atoms with E-state index in [2.05, 4.69) is 31.2 Å². The maximum atomic E-state index is 4.46. The zero-order valence-electron chi connectivity index (χ0n) is 10.1. The standard InChI is InChI=1S/C12H12N4SSe/c1-7-11(17-8(2)14-7)6-13-9-4-3-5-10-12(9)16-18-15-10/h3-5,13H,6H2,1-2H3. The molecule has 0 bridgehead atoms. The van der Waals surface area contributed by atoms with E-state index >= 15 is 0 Å². The van der Waals surface area contributed by atoms with Crippen molar-refractivity contribution < 1.29 is 0 Å². The van der Waals surface area contributed by atoms with Gasteiger partial charge in [-0.05, 0) is 0 Å². The summed E-state index contributed by atoms with van der Waals surface area (Å²) in [4.78, 5) is 5.72. The first-order valence-corrected chi connectivity index (χ1v) is 7.97. The van der Waals surface area contributed by atoms with Crippen molar-refractivity contribution in [1.29, 1.82) is 0 Å². The number of nitrogens with one attached hydrogen (secondary N) is 1. The number of anilines is 1. The first-order valence-electron chi connectivity index (χ1n) is 5.62. The van der Waals surface area contributed by atoms with Crippen molar-refractivity contribution in [2.24, 2.45) is 0 Å². The molecule has 0 aliphatic carbocycles. The predicted molar refractivity (Wildman–Crippen MR) is 75.4 cm³/mol. The molecule has 0 amide bonds. The summed E-state index contributed by atoms with van der Waals surface area (Å²) in [7, 11) is 0. The molecule has 1 aromatic carbocycles. The van der Waals surface area contributed by atoms with Crippen LogP contribution in [-0.4, -0.2) is 27.9 Å². The van der Waals surface area contributed by atoms with Crippen LogP contribution in [0.2, 0.25) is 0 Å². The molecular formula is C12H12N4SSe. The fraction of sp³-hybridized carbons (Fsp3) is 0.250. The van der Waals surface area contributed by atoms with Crippen LogP contribution in [0.15, 0.2) is 18.2 Å².